The van der Waals surface area contributed by atoms with Crippen molar-refractivity contribution in [3.8, 4) is 11.5 Å². The number of imidazole rings is 1. The van der Waals surface area contributed by atoms with Crippen molar-refractivity contribution in [2.45, 2.75) is 13.5 Å². The minimum atomic E-state index is -0.125. The zero-order valence-corrected chi connectivity index (χ0v) is 14.0. The van der Waals surface area contributed by atoms with Crippen molar-refractivity contribution in [2.24, 2.45) is 0 Å². The van der Waals surface area contributed by atoms with Crippen molar-refractivity contribution in [1.82, 2.24) is 19.5 Å². The van der Waals surface area contributed by atoms with Gasteiger partial charge in [0.05, 0.1) is 19.1 Å². The summed E-state index contributed by atoms with van der Waals surface area (Å²) in [5.41, 5.74) is 9.31. The van der Waals surface area contributed by atoms with Crippen molar-refractivity contribution >= 4 is 28.7 Å². The first-order chi connectivity index (χ1) is 12.6. The van der Waals surface area contributed by atoms with Crippen molar-refractivity contribution in [1.29, 1.82) is 0 Å². The van der Waals surface area contributed by atoms with Crippen LogP contribution in [0.15, 0.2) is 53.4 Å². The Balaban J connectivity index is 1.79. The lowest BCUT2D eigenvalue weighted by Gasteiger charge is -2.11. The molecule has 0 spiro atoms. The van der Waals surface area contributed by atoms with E-state index < -0.39 is 0 Å². The molecular formula is C18H16N6O2. The number of rotatable bonds is 4. The van der Waals surface area contributed by atoms with Gasteiger partial charge in [0.25, 0.3) is 0 Å². The molecule has 0 saturated heterocycles. The SMILES string of the molecule is CC(=O)Nc1ccccc1Cn1cnc2c(-c3ccco3)nc(N)nc21. The van der Waals surface area contributed by atoms with Crippen molar-refractivity contribution < 1.29 is 9.21 Å². The van der Waals surface area contributed by atoms with E-state index in [1.807, 2.05) is 28.8 Å². The number of aromatic nitrogens is 4. The highest BCUT2D eigenvalue weighted by Crippen LogP contribution is 2.27. The molecule has 0 aliphatic carbocycles. The fraction of sp³-hybridized carbons (Fsp3) is 0.111. The topological polar surface area (TPSA) is 112 Å². The fourth-order valence-corrected chi connectivity index (χ4v) is 2.82. The number of para-hydroxylation sites is 1. The number of nitrogen functional groups attached to an aromatic ring is 1. The molecular weight excluding hydrogens is 332 g/mol. The smallest absolute Gasteiger partial charge is 0.222 e. The summed E-state index contributed by atoms with van der Waals surface area (Å²) >= 11 is 0. The number of nitrogens with two attached hydrogens (primary N) is 1. The van der Waals surface area contributed by atoms with Crippen LogP contribution in [0.25, 0.3) is 22.6 Å². The molecule has 4 rings (SSSR count). The van der Waals surface area contributed by atoms with E-state index in [0.717, 1.165) is 11.3 Å². The molecule has 3 N–H and O–H groups in total. The number of nitrogens with one attached hydrogen (secondary N) is 1. The monoisotopic (exact) mass is 348 g/mol. The molecule has 3 heterocycles. The van der Waals surface area contributed by atoms with Crippen molar-refractivity contribution in [3.05, 3.63) is 54.6 Å². The summed E-state index contributed by atoms with van der Waals surface area (Å²) in [4.78, 5) is 24.5. The Kier molecular flexibility index (Phi) is 3.85. The van der Waals surface area contributed by atoms with Crippen LogP contribution in [-0.2, 0) is 11.3 Å². The predicted octanol–water partition coefficient (Wildman–Crippen LogP) is 2.68. The second kappa shape index (κ2) is 6.32. The molecule has 0 radical (unpaired) electrons. The Morgan fingerprint density at radius 2 is 2.08 bits per heavy atom. The lowest BCUT2D eigenvalue weighted by Crippen LogP contribution is -2.10. The number of benzene rings is 1. The van der Waals surface area contributed by atoms with Gasteiger partial charge in [-0.15, -0.1) is 0 Å². The molecule has 0 atom stereocenters. The first-order valence-electron chi connectivity index (χ1n) is 7.99. The number of fused-ring (bicyclic) bond motifs is 1. The van der Waals surface area contributed by atoms with Crippen LogP contribution in [0.5, 0.6) is 0 Å². The Hall–Kier alpha value is -3.68. The van der Waals surface area contributed by atoms with Crippen LogP contribution in [0.3, 0.4) is 0 Å². The Morgan fingerprint density at radius 1 is 1.23 bits per heavy atom. The zero-order chi connectivity index (χ0) is 18.1. The number of carbonyl (C=O) groups is 1. The third kappa shape index (κ3) is 2.88. The molecule has 0 bridgehead atoms. The minimum absolute atomic E-state index is 0.125. The molecule has 8 heteroatoms. The van der Waals surface area contributed by atoms with E-state index in [-0.39, 0.29) is 11.9 Å². The van der Waals surface area contributed by atoms with Crippen LogP contribution >= 0.6 is 0 Å². The van der Waals surface area contributed by atoms with E-state index in [9.17, 15) is 4.79 Å². The van der Waals surface area contributed by atoms with Gasteiger partial charge in [-0.3, -0.25) is 4.79 Å². The van der Waals surface area contributed by atoms with E-state index in [0.29, 0.717) is 29.2 Å². The number of anilines is 2. The van der Waals surface area contributed by atoms with Gasteiger partial charge in [0.1, 0.15) is 11.2 Å². The molecule has 1 aromatic carbocycles. The van der Waals surface area contributed by atoms with Gasteiger partial charge in [-0.1, -0.05) is 18.2 Å². The maximum atomic E-state index is 11.4. The van der Waals surface area contributed by atoms with Crippen LogP contribution < -0.4 is 11.1 Å². The molecule has 0 aliphatic rings. The van der Waals surface area contributed by atoms with Gasteiger partial charge in [0, 0.05) is 12.6 Å². The van der Waals surface area contributed by atoms with Gasteiger partial charge in [0.15, 0.2) is 11.4 Å². The van der Waals surface area contributed by atoms with E-state index in [2.05, 4.69) is 20.3 Å². The average Bonchev–Trinajstić information content (AvgIpc) is 3.26. The standard InChI is InChI=1S/C18H16N6O2/c1-11(25)21-13-6-3-2-5-12(13)9-24-10-20-16-15(14-7-4-8-26-14)22-18(19)23-17(16)24/h2-8,10H,9H2,1H3,(H,21,25)(H2,19,22,23). The Bertz CT molecular complexity index is 1080. The summed E-state index contributed by atoms with van der Waals surface area (Å²) in [7, 11) is 0. The number of carbonyl (C=O) groups excluding carboxylic acids is 1. The number of amides is 1. The molecule has 130 valence electrons. The van der Waals surface area contributed by atoms with Gasteiger partial charge in [-0.05, 0) is 23.8 Å². The molecule has 0 fully saturated rings. The molecule has 0 saturated carbocycles. The fourth-order valence-electron chi connectivity index (χ4n) is 2.82. The van der Waals surface area contributed by atoms with Gasteiger partial charge in [-0.2, -0.15) is 4.98 Å². The first kappa shape index (κ1) is 15.8. The highest BCUT2D eigenvalue weighted by molar-refractivity contribution is 5.90. The van der Waals surface area contributed by atoms with Crippen LogP contribution in [0, 0.1) is 0 Å². The predicted molar refractivity (Wildman–Crippen MR) is 97.3 cm³/mol. The highest BCUT2D eigenvalue weighted by atomic mass is 16.3. The second-order valence-electron chi connectivity index (χ2n) is 5.79. The van der Waals surface area contributed by atoms with Gasteiger partial charge in [-0.25, -0.2) is 9.97 Å². The third-order valence-electron chi connectivity index (χ3n) is 3.90. The van der Waals surface area contributed by atoms with Crippen LogP contribution in [0.1, 0.15) is 12.5 Å². The largest absolute Gasteiger partial charge is 0.463 e. The lowest BCUT2D eigenvalue weighted by molar-refractivity contribution is -0.114. The summed E-state index contributed by atoms with van der Waals surface area (Å²) in [6, 6.07) is 11.2. The summed E-state index contributed by atoms with van der Waals surface area (Å²) in [5, 5.41) is 2.83. The first-order valence-corrected chi connectivity index (χ1v) is 7.99. The normalized spacial score (nSPS) is 11.0. The number of nitrogens with zero attached hydrogens (tertiary/aromatic N) is 4. The highest BCUT2D eigenvalue weighted by Gasteiger charge is 2.16. The van der Waals surface area contributed by atoms with Crippen molar-refractivity contribution in [3.63, 3.8) is 0 Å². The van der Waals surface area contributed by atoms with Crippen LogP contribution in [-0.4, -0.2) is 25.4 Å². The number of hydrogen-bond acceptors (Lipinski definition) is 6. The van der Waals surface area contributed by atoms with Gasteiger partial charge >= 0.3 is 0 Å². The minimum Gasteiger partial charge on any atom is -0.463 e. The molecule has 4 aromatic rings. The van der Waals surface area contributed by atoms with E-state index in [1.54, 1.807) is 24.7 Å². The third-order valence-corrected chi connectivity index (χ3v) is 3.90. The Morgan fingerprint density at radius 3 is 2.85 bits per heavy atom. The quantitative estimate of drug-likeness (QED) is 0.586. The van der Waals surface area contributed by atoms with Crippen LogP contribution in [0.4, 0.5) is 11.6 Å². The van der Waals surface area contributed by atoms with E-state index >= 15 is 0 Å². The molecule has 1 amide bonds. The molecule has 3 aromatic heterocycles. The summed E-state index contributed by atoms with van der Waals surface area (Å²) < 4.78 is 7.29. The number of hydrogen-bond donors (Lipinski definition) is 2. The van der Waals surface area contributed by atoms with E-state index in [4.69, 9.17) is 10.2 Å². The zero-order valence-electron chi connectivity index (χ0n) is 14.0. The van der Waals surface area contributed by atoms with E-state index in [1.165, 1.54) is 6.92 Å². The lowest BCUT2D eigenvalue weighted by atomic mass is 10.1. The van der Waals surface area contributed by atoms with Crippen LogP contribution in [0.2, 0.25) is 0 Å². The molecule has 0 unspecified atom stereocenters. The summed E-state index contributed by atoms with van der Waals surface area (Å²) in [6.07, 6.45) is 3.25. The second-order valence-corrected chi connectivity index (χ2v) is 5.79. The molecule has 26 heavy (non-hydrogen) atoms. The maximum absolute atomic E-state index is 11.4. The molecule has 8 nitrogen and oxygen atoms in total. The van der Waals surface area contributed by atoms with Gasteiger partial charge < -0.3 is 20.0 Å². The average molecular weight is 348 g/mol. The maximum Gasteiger partial charge on any atom is 0.222 e. The Labute approximate surface area is 148 Å². The molecule has 0 aliphatic heterocycles. The van der Waals surface area contributed by atoms with Gasteiger partial charge in [0.2, 0.25) is 11.9 Å². The van der Waals surface area contributed by atoms with Crippen molar-refractivity contribution in [2.75, 3.05) is 11.1 Å². The number of furan rings is 1. The summed E-state index contributed by atoms with van der Waals surface area (Å²) in [5.74, 6) is 0.591. The summed E-state index contributed by atoms with van der Waals surface area (Å²) in [6.45, 7) is 1.95.